The Morgan fingerprint density at radius 1 is 1.25 bits per heavy atom. The lowest BCUT2D eigenvalue weighted by Gasteiger charge is -2.34. The van der Waals surface area contributed by atoms with E-state index in [0.717, 1.165) is 48.2 Å². The van der Waals surface area contributed by atoms with Gasteiger partial charge in [0.05, 0.1) is 25.4 Å². The third kappa shape index (κ3) is 5.06. The minimum atomic E-state index is -0.0381. The highest BCUT2D eigenvalue weighted by molar-refractivity contribution is 6.06. The molecular weight excluding hydrogens is 408 g/mol. The molecule has 1 saturated heterocycles. The first-order valence-electron chi connectivity index (χ1n) is 11.9. The molecule has 1 saturated carbocycles. The van der Waals surface area contributed by atoms with E-state index in [4.69, 9.17) is 4.74 Å². The maximum absolute atomic E-state index is 12.8. The van der Waals surface area contributed by atoms with E-state index in [-0.39, 0.29) is 24.5 Å². The van der Waals surface area contributed by atoms with Crippen LogP contribution in [-0.2, 0) is 16.1 Å². The fourth-order valence-corrected chi connectivity index (χ4v) is 4.93. The van der Waals surface area contributed by atoms with Gasteiger partial charge in [-0.15, -0.1) is 0 Å². The molecule has 174 valence electrons. The molecule has 8 nitrogen and oxygen atoms in total. The van der Waals surface area contributed by atoms with Crippen LogP contribution >= 0.6 is 0 Å². The average molecular weight is 443 g/mol. The van der Waals surface area contributed by atoms with Gasteiger partial charge in [0.25, 0.3) is 0 Å². The van der Waals surface area contributed by atoms with Gasteiger partial charge in [-0.2, -0.15) is 0 Å². The summed E-state index contributed by atoms with van der Waals surface area (Å²) in [5, 5.41) is 12.2. The Labute approximate surface area is 189 Å². The zero-order valence-corrected chi connectivity index (χ0v) is 18.9. The number of ether oxygens (including phenoxy) is 1. The summed E-state index contributed by atoms with van der Waals surface area (Å²) < 4.78 is 6.15. The quantitative estimate of drug-likeness (QED) is 0.574. The Morgan fingerprint density at radius 2 is 2.06 bits per heavy atom. The molecule has 8 heteroatoms. The molecule has 1 aliphatic carbocycles. The van der Waals surface area contributed by atoms with Crippen molar-refractivity contribution >= 4 is 23.5 Å². The molecule has 2 amide bonds. The topological polar surface area (TPSA) is 94.5 Å². The van der Waals surface area contributed by atoms with Crippen LogP contribution in [0.4, 0.5) is 5.69 Å². The smallest absolute Gasteiger partial charge is 0.246 e. The summed E-state index contributed by atoms with van der Waals surface area (Å²) in [5.74, 6) is 1.55. The molecule has 4 rings (SSSR count). The Bertz CT molecular complexity index is 879. The lowest BCUT2D eigenvalue weighted by molar-refractivity contribution is -0.135. The number of aliphatic imine (C=N–C) groups is 1. The van der Waals surface area contributed by atoms with Crippen LogP contribution in [0.3, 0.4) is 0 Å². The van der Waals surface area contributed by atoms with Gasteiger partial charge < -0.3 is 19.6 Å². The highest BCUT2D eigenvalue weighted by Crippen LogP contribution is 2.36. The largest absolute Gasteiger partial charge is 0.493 e. The van der Waals surface area contributed by atoms with Gasteiger partial charge in [0, 0.05) is 24.6 Å². The Hall–Kier alpha value is -2.61. The van der Waals surface area contributed by atoms with E-state index in [1.807, 2.05) is 28.9 Å². The first-order chi connectivity index (χ1) is 15.6. The summed E-state index contributed by atoms with van der Waals surface area (Å²) in [7, 11) is 0. The van der Waals surface area contributed by atoms with E-state index < -0.39 is 0 Å². The Kier molecular flexibility index (Phi) is 7.29. The number of guanidine groups is 1. The van der Waals surface area contributed by atoms with Crippen LogP contribution in [-0.4, -0.2) is 65.0 Å². The number of fused-ring (bicyclic) bond motifs is 2. The zero-order valence-electron chi connectivity index (χ0n) is 18.9. The van der Waals surface area contributed by atoms with Crippen LogP contribution in [0.2, 0.25) is 0 Å². The summed E-state index contributed by atoms with van der Waals surface area (Å²) in [5.41, 5.74) is 2.89. The number of benzene rings is 1. The lowest BCUT2D eigenvalue weighted by atomic mass is 9.94. The van der Waals surface area contributed by atoms with E-state index in [0.29, 0.717) is 38.6 Å². The van der Waals surface area contributed by atoms with Gasteiger partial charge in [0.2, 0.25) is 17.8 Å². The molecule has 0 bridgehead atoms. The fraction of sp³-hybridized carbons (Fsp3) is 0.625. The van der Waals surface area contributed by atoms with Crippen molar-refractivity contribution in [1.82, 2.24) is 15.1 Å². The zero-order chi connectivity index (χ0) is 22.5. The second-order valence-corrected chi connectivity index (χ2v) is 8.96. The second-order valence-electron chi connectivity index (χ2n) is 8.96. The van der Waals surface area contributed by atoms with Crippen LogP contribution in [0.15, 0.2) is 17.1 Å². The van der Waals surface area contributed by atoms with Crippen molar-refractivity contribution in [3.63, 3.8) is 0 Å². The minimum Gasteiger partial charge on any atom is -0.493 e. The first kappa shape index (κ1) is 22.6. The van der Waals surface area contributed by atoms with Gasteiger partial charge in [0.15, 0.2) is 0 Å². The van der Waals surface area contributed by atoms with Gasteiger partial charge in [-0.25, -0.2) is 4.99 Å². The molecule has 1 aromatic carbocycles. The molecule has 2 heterocycles. The van der Waals surface area contributed by atoms with Crippen LogP contribution < -0.4 is 10.1 Å². The standard InChI is InChI=1S/C24H34N4O4/c1-17-10-11-20-19(15-27-16-21(30)26-24(27)25-20)23(17)32-14-6-5-9-22(31)28(12-13-29)18-7-3-2-4-8-18/h10-11,18,29H,2-9,12-16H2,1H3,(H,25,26,30). The van der Waals surface area contributed by atoms with Crippen molar-refractivity contribution in [2.24, 2.45) is 4.99 Å². The number of nitrogens with one attached hydrogen (secondary N) is 1. The van der Waals surface area contributed by atoms with E-state index in [1.165, 1.54) is 19.3 Å². The summed E-state index contributed by atoms with van der Waals surface area (Å²) in [6.07, 6.45) is 7.71. The van der Waals surface area contributed by atoms with E-state index in [2.05, 4.69) is 10.3 Å². The normalized spacial score (nSPS) is 18.0. The number of aliphatic hydroxyl groups is 1. The second kappa shape index (κ2) is 10.3. The van der Waals surface area contributed by atoms with Gasteiger partial charge in [0.1, 0.15) is 12.3 Å². The number of amides is 2. The predicted molar refractivity (Wildman–Crippen MR) is 122 cm³/mol. The van der Waals surface area contributed by atoms with E-state index in [1.54, 1.807) is 0 Å². The first-order valence-corrected chi connectivity index (χ1v) is 11.9. The van der Waals surface area contributed by atoms with Crippen molar-refractivity contribution in [3.05, 3.63) is 23.3 Å². The van der Waals surface area contributed by atoms with Gasteiger partial charge >= 0.3 is 0 Å². The number of aryl methyl sites for hydroxylation is 1. The highest BCUT2D eigenvalue weighted by Gasteiger charge is 2.31. The van der Waals surface area contributed by atoms with Gasteiger partial charge in [-0.05, 0) is 44.2 Å². The lowest BCUT2D eigenvalue weighted by Crippen LogP contribution is -2.43. The van der Waals surface area contributed by atoms with E-state index >= 15 is 0 Å². The summed E-state index contributed by atoms with van der Waals surface area (Å²) in [4.78, 5) is 32.9. The maximum atomic E-state index is 12.8. The van der Waals surface area contributed by atoms with Crippen molar-refractivity contribution < 1.29 is 19.4 Å². The number of nitrogens with zero attached hydrogens (tertiary/aromatic N) is 3. The molecule has 0 unspecified atom stereocenters. The van der Waals surface area contributed by atoms with Crippen LogP contribution in [0.1, 0.15) is 62.5 Å². The predicted octanol–water partition coefficient (Wildman–Crippen LogP) is 2.63. The third-order valence-corrected chi connectivity index (χ3v) is 6.60. The molecular formula is C24H34N4O4. The number of carbonyl (C=O) groups excluding carboxylic acids is 2. The van der Waals surface area contributed by atoms with Crippen molar-refractivity contribution in [3.8, 4) is 5.75 Å². The Balaban J connectivity index is 1.29. The molecule has 2 fully saturated rings. The van der Waals surface area contributed by atoms with Crippen molar-refractivity contribution in [1.29, 1.82) is 0 Å². The average Bonchev–Trinajstić information content (AvgIpc) is 3.16. The van der Waals surface area contributed by atoms with Crippen LogP contribution in [0.25, 0.3) is 0 Å². The van der Waals surface area contributed by atoms with Crippen molar-refractivity contribution in [2.75, 3.05) is 26.3 Å². The summed E-state index contributed by atoms with van der Waals surface area (Å²) in [6, 6.07) is 4.24. The number of rotatable bonds is 9. The molecule has 0 spiro atoms. The molecule has 0 atom stereocenters. The molecule has 0 radical (unpaired) electrons. The van der Waals surface area contributed by atoms with Gasteiger partial charge in [-0.1, -0.05) is 25.3 Å². The number of hydrogen-bond donors (Lipinski definition) is 2. The van der Waals surface area contributed by atoms with Crippen LogP contribution in [0, 0.1) is 6.92 Å². The number of unbranched alkanes of at least 4 members (excludes halogenated alkanes) is 1. The molecule has 1 aromatic rings. The number of hydrogen-bond acceptors (Lipinski definition) is 6. The molecule has 2 aliphatic heterocycles. The maximum Gasteiger partial charge on any atom is 0.246 e. The van der Waals surface area contributed by atoms with Crippen LogP contribution in [0.5, 0.6) is 5.75 Å². The molecule has 2 N–H and O–H groups in total. The number of carbonyl (C=O) groups is 2. The Morgan fingerprint density at radius 3 is 2.84 bits per heavy atom. The van der Waals surface area contributed by atoms with E-state index in [9.17, 15) is 14.7 Å². The third-order valence-electron chi connectivity index (χ3n) is 6.60. The van der Waals surface area contributed by atoms with Gasteiger partial charge in [-0.3, -0.25) is 14.9 Å². The SMILES string of the molecule is Cc1ccc2c(c1OCCCCC(=O)N(CCO)C1CCCCC1)CN1CC(=O)NC1=N2. The van der Waals surface area contributed by atoms with Crippen molar-refractivity contribution in [2.45, 2.75) is 70.9 Å². The molecule has 0 aromatic heterocycles. The number of aliphatic hydroxyl groups excluding tert-OH is 1. The highest BCUT2D eigenvalue weighted by atomic mass is 16.5. The summed E-state index contributed by atoms with van der Waals surface area (Å²) in [6.45, 7) is 3.92. The minimum absolute atomic E-state index is 0.0199. The summed E-state index contributed by atoms with van der Waals surface area (Å²) >= 11 is 0. The fourth-order valence-electron chi connectivity index (χ4n) is 4.93. The molecule has 32 heavy (non-hydrogen) atoms. The monoisotopic (exact) mass is 442 g/mol. The molecule has 3 aliphatic rings.